The van der Waals surface area contributed by atoms with Crippen LogP contribution < -0.4 is 10.6 Å². The lowest BCUT2D eigenvalue weighted by molar-refractivity contribution is -0.131. The van der Waals surface area contributed by atoms with Crippen LogP contribution in [-0.4, -0.2) is 34.7 Å². The topological polar surface area (TPSA) is 44.4 Å². The molecule has 0 aromatic carbocycles. The van der Waals surface area contributed by atoms with Crippen molar-refractivity contribution in [1.29, 1.82) is 0 Å². The third-order valence-electron chi connectivity index (χ3n) is 3.60. The van der Waals surface area contributed by atoms with Gasteiger partial charge in [-0.15, -0.1) is 0 Å². The van der Waals surface area contributed by atoms with Crippen molar-refractivity contribution in [3.05, 3.63) is 0 Å². The zero-order valence-corrected chi connectivity index (χ0v) is 10.8. The van der Waals surface area contributed by atoms with Crippen LogP contribution in [0.5, 0.6) is 0 Å². The Morgan fingerprint density at radius 1 is 1.50 bits per heavy atom. The van der Waals surface area contributed by atoms with Crippen molar-refractivity contribution in [3.63, 3.8) is 0 Å². The maximum atomic E-state index is 12.0. The standard InChI is InChI=1S/C11H19N3OS/c1-4-14-9-8(10(15)13-11(14)16)6(2)5-7(3)12-9/h6-9,12H,4-5H2,1-3H3,(H,13,15,16). The van der Waals surface area contributed by atoms with E-state index in [0.717, 1.165) is 13.0 Å². The Hall–Kier alpha value is -0.680. The van der Waals surface area contributed by atoms with Gasteiger partial charge in [0.15, 0.2) is 5.11 Å². The van der Waals surface area contributed by atoms with E-state index in [1.165, 1.54) is 0 Å². The highest BCUT2D eigenvalue weighted by Gasteiger charge is 2.45. The fraction of sp³-hybridized carbons (Fsp3) is 0.818. The largest absolute Gasteiger partial charge is 0.333 e. The Morgan fingerprint density at radius 3 is 2.81 bits per heavy atom. The zero-order valence-electron chi connectivity index (χ0n) is 9.99. The van der Waals surface area contributed by atoms with Crippen molar-refractivity contribution in [2.24, 2.45) is 11.8 Å². The number of carbonyl (C=O) groups is 1. The molecule has 2 aliphatic heterocycles. The monoisotopic (exact) mass is 241 g/mol. The summed E-state index contributed by atoms with van der Waals surface area (Å²) in [7, 11) is 0. The van der Waals surface area contributed by atoms with Gasteiger partial charge in [-0.2, -0.15) is 0 Å². The molecule has 2 saturated heterocycles. The summed E-state index contributed by atoms with van der Waals surface area (Å²) in [6.45, 7) is 7.20. The quantitative estimate of drug-likeness (QED) is 0.663. The van der Waals surface area contributed by atoms with Crippen molar-refractivity contribution in [2.75, 3.05) is 6.54 Å². The molecule has 0 saturated carbocycles. The Morgan fingerprint density at radius 2 is 2.19 bits per heavy atom. The van der Waals surface area contributed by atoms with Crippen LogP contribution >= 0.6 is 12.2 Å². The molecule has 0 radical (unpaired) electrons. The molecule has 4 atom stereocenters. The fourth-order valence-electron chi connectivity index (χ4n) is 2.89. The third kappa shape index (κ3) is 1.82. The zero-order chi connectivity index (χ0) is 11.9. The van der Waals surface area contributed by atoms with E-state index in [1.54, 1.807) is 0 Å². The minimum Gasteiger partial charge on any atom is -0.333 e. The summed E-state index contributed by atoms with van der Waals surface area (Å²) in [6, 6.07) is 0.444. The van der Waals surface area contributed by atoms with Gasteiger partial charge in [-0.1, -0.05) is 6.92 Å². The van der Waals surface area contributed by atoms with Gasteiger partial charge in [-0.3, -0.25) is 10.1 Å². The molecule has 2 rings (SSSR count). The van der Waals surface area contributed by atoms with Crippen molar-refractivity contribution in [3.8, 4) is 0 Å². The van der Waals surface area contributed by atoms with E-state index in [2.05, 4.69) is 36.3 Å². The number of nitrogens with zero attached hydrogens (tertiary/aromatic N) is 1. The van der Waals surface area contributed by atoms with Crippen molar-refractivity contribution < 1.29 is 4.79 Å². The highest BCUT2D eigenvalue weighted by Crippen LogP contribution is 2.30. The molecule has 0 aromatic rings. The molecule has 16 heavy (non-hydrogen) atoms. The summed E-state index contributed by atoms with van der Waals surface area (Å²) in [4.78, 5) is 14.0. The predicted octanol–water partition coefficient (Wildman–Crippen LogP) is 0.683. The van der Waals surface area contributed by atoms with E-state index < -0.39 is 0 Å². The average molecular weight is 241 g/mol. The second-order valence-corrected chi connectivity index (χ2v) is 5.22. The molecule has 2 N–H and O–H groups in total. The van der Waals surface area contributed by atoms with Crippen LogP contribution in [-0.2, 0) is 4.79 Å². The SMILES string of the molecule is CCN1C(=S)NC(=O)C2C(C)CC(C)NC21. The number of carbonyl (C=O) groups excluding carboxylic acids is 1. The van der Waals surface area contributed by atoms with Gasteiger partial charge in [0.05, 0.1) is 12.1 Å². The maximum Gasteiger partial charge on any atom is 0.232 e. The Kier molecular flexibility index (Phi) is 3.17. The summed E-state index contributed by atoms with van der Waals surface area (Å²) in [5.74, 6) is 0.493. The van der Waals surface area contributed by atoms with Crippen molar-refractivity contribution in [1.82, 2.24) is 15.5 Å². The number of hydrogen-bond donors (Lipinski definition) is 2. The van der Waals surface area contributed by atoms with E-state index in [4.69, 9.17) is 12.2 Å². The number of amides is 1. The Balaban J connectivity index is 2.27. The molecule has 1 amide bonds. The number of rotatable bonds is 1. The number of piperidine rings is 1. The van der Waals surface area contributed by atoms with Gasteiger partial charge < -0.3 is 10.2 Å². The first-order valence-electron chi connectivity index (χ1n) is 5.92. The van der Waals surface area contributed by atoms with E-state index in [9.17, 15) is 4.79 Å². The lowest BCUT2D eigenvalue weighted by Crippen LogP contribution is -2.69. The van der Waals surface area contributed by atoms with Crippen molar-refractivity contribution >= 4 is 23.2 Å². The van der Waals surface area contributed by atoms with Gasteiger partial charge in [0, 0.05) is 12.6 Å². The van der Waals surface area contributed by atoms with Gasteiger partial charge in [0.25, 0.3) is 0 Å². The maximum absolute atomic E-state index is 12.0. The molecule has 4 nitrogen and oxygen atoms in total. The van der Waals surface area contributed by atoms with Gasteiger partial charge in [-0.05, 0) is 38.4 Å². The average Bonchev–Trinajstić information content (AvgIpc) is 2.15. The fourth-order valence-corrected chi connectivity index (χ4v) is 3.23. The number of fused-ring (bicyclic) bond motifs is 1. The first kappa shape index (κ1) is 11.8. The summed E-state index contributed by atoms with van der Waals surface area (Å²) in [5, 5.41) is 6.85. The van der Waals surface area contributed by atoms with E-state index >= 15 is 0 Å². The molecule has 5 heteroatoms. The van der Waals surface area contributed by atoms with Crippen LogP contribution in [0.25, 0.3) is 0 Å². The predicted molar refractivity (Wildman–Crippen MR) is 66.8 cm³/mol. The number of hydrogen-bond acceptors (Lipinski definition) is 3. The molecular weight excluding hydrogens is 222 g/mol. The summed E-state index contributed by atoms with van der Waals surface area (Å²) < 4.78 is 0. The molecule has 0 spiro atoms. The summed E-state index contributed by atoms with van der Waals surface area (Å²) in [6.07, 6.45) is 1.11. The van der Waals surface area contributed by atoms with Crippen LogP contribution in [0.1, 0.15) is 27.2 Å². The normalized spacial score (nSPS) is 39.3. The summed E-state index contributed by atoms with van der Waals surface area (Å²) in [5.41, 5.74) is 0. The molecule has 0 aromatic heterocycles. The second kappa shape index (κ2) is 4.30. The molecule has 2 aliphatic rings. The highest BCUT2D eigenvalue weighted by molar-refractivity contribution is 7.80. The number of thiocarbonyl (C=S) groups is 1. The third-order valence-corrected chi connectivity index (χ3v) is 3.94. The molecule has 4 unspecified atom stereocenters. The molecular formula is C11H19N3OS. The molecule has 0 bridgehead atoms. The minimum absolute atomic E-state index is 0.0165. The molecule has 2 fully saturated rings. The van der Waals surface area contributed by atoms with Crippen molar-refractivity contribution in [2.45, 2.75) is 39.4 Å². The van der Waals surface area contributed by atoms with E-state index in [0.29, 0.717) is 17.1 Å². The van der Waals surface area contributed by atoms with Crippen LogP contribution in [0.4, 0.5) is 0 Å². The Labute approximate surface area is 102 Å². The van der Waals surface area contributed by atoms with Crippen LogP contribution in [0.15, 0.2) is 0 Å². The lowest BCUT2D eigenvalue weighted by Gasteiger charge is -2.48. The van der Waals surface area contributed by atoms with Crippen LogP contribution in [0.2, 0.25) is 0 Å². The van der Waals surface area contributed by atoms with Gasteiger partial charge in [-0.25, -0.2) is 0 Å². The van der Waals surface area contributed by atoms with Crippen LogP contribution in [0, 0.1) is 11.8 Å². The lowest BCUT2D eigenvalue weighted by atomic mass is 9.80. The first-order valence-corrected chi connectivity index (χ1v) is 6.33. The van der Waals surface area contributed by atoms with Crippen LogP contribution in [0.3, 0.4) is 0 Å². The smallest absolute Gasteiger partial charge is 0.232 e. The van der Waals surface area contributed by atoms with Gasteiger partial charge in [0.1, 0.15) is 0 Å². The number of nitrogens with one attached hydrogen (secondary N) is 2. The molecule has 0 aliphatic carbocycles. The first-order chi connectivity index (χ1) is 7.54. The second-order valence-electron chi connectivity index (χ2n) is 4.83. The van der Waals surface area contributed by atoms with E-state index in [1.807, 2.05) is 0 Å². The van der Waals surface area contributed by atoms with Gasteiger partial charge >= 0.3 is 0 Å². The van der Waals surface area contributed by atoms with E-state index in [-0.39, 0.29) is 18.0 Å². The molecule has 90 valence electrons. The summed E-state index contributed by atoms with van der Waals surface area (Å²) >= 11 is 5.20. The highest BCUT2D eigenvalue weighted by atomic mass is 32.1. The van der Waals surface area contributed by atoms with Gasteiger partial charge in [0.2, 0.25) is 5.91 Å². The molecule has 2 heterocycles. The minimum atomic E-state index is 0.0165. The Bertz CT molecular complexity index is 320.